The smallest absolute Gasteiger partial charge is 0.120 e. The van der Waals surface area contributed by atoms with Crippen molar-refractivity contribution in [2.45, 2.75) is 59.2 Å². The number of rotatable bonds is 8. The molecule has 0 aliphatic heterocycles. The molecule has 0 saturated heterocycles. The zero-order chi connectivity index (χ0) is 16.0. The van der Waals surface area contributed by atoms with E-state index in [-0.39, 0.29) is 6.04 Å². The van der Waals surface area contributed by atoms with Gasteiger partial charge in [-0.1, -0.05) is 22.9 Å². The van der Waals surface area contributed by atoms with E-state index >= 15 is 0 Å². The number of hydrogen-bond acceptors (Lipinski definition) is 3. The van der Waals surface area contributed by atoms with Gasteiger partial charge in [-0.05, 0) is 52.3 Å². The van der Waals surface area contributed by atoms with Crippen molar-refractivity contribution in [2.24, 2.45) is 0 Å². The van der Waals surface area contributed by atoms with Gasteiger partial charge in [0.2, 0.25) is 0 Å². The van der Waals surface area contributed by atoms with Crippen LogP contribution in [0, 0.1) is 0 Å². The fourth-order valence-corrected chi connectivity index (χ4v) is 3.14. The molecule has 1 aromatic rings. The van der Waals surface area contributed by atoms with Crippen LogP contribution < -0.4 is 5.32 Å². The van der Waals surface area contributed by atoms with Crippen molar-refractivity contribution < 1.29 is 5.11 Å². The first-order chi connectivity index (χ1) is 9.86. The largest absolute Gasteiger partial charge is 0.508 e. The van der Waals surface area contributed by atoms with Gasteiger partial charge in [-0.15, -0.1) is 0 Å². The highest BCUT2D eigenvalue weighted by atomic mass is 79.9. The Morgan fingerprint density at radius 3 is 2.33 bits per heavy atom. The lowest BCUT2D eigenvalue weighted by molar-refractivity contribution is 0.173. The van der Waals surface area contributed by atoms with Crippen molar-refractivity contribution in [3.05, 3.63) is 28.2 Å². The summed E-state index contributed by atoms with van der Waals surface area (Å²) >= 11 is 3.48. The number of nitrogens with zero attached hydrogens (tertiary/aromatic N) is 1. The van der Waals surface area contributed by atoms with Gasteiger partial charge in [0.1, 0.15) is 5.75 Å². The second-order valence-electron chi connectivity index (χ2n) is 6.04. The molecule has 1 atom stereocenters. The van der Waals surface area contributed by atoms with Gasteiger partial charge < -0.3 is 10.4 Å². The molecule has 0 aromatic heterocycles. The van der Waals surface area contributed by atoms with E-state index in [1.165, 1.54) is 0 Å². The summed E-state index contributed by atoms with van der Waals surface area (Å²) in [6, 6.07) is 6.89. The van der Waals surface area contributed by atoms with E-state index in [4.69, 9.17) is 0 Å². The molecule has 1 aromatic carbocycles. The molecular weight excluding hydrogens is 328 g/mol. The maximum Gasteiger partial charge on any atom is 0.120 e. The van der Waals surface area contributed by atoms with Crippen molar-refractivity contribution in [2.75, 3.05) is 13.1 Å². The summed E-state index contributed by atoms with van der Waals surface area (Å²) in [5.41, 5.74) is 0.965. The predicted molar refractivity (Wildman–Crippen MR) is 93.8 cm³/mol. The van der Waals surface area contributed by atoms with Crippen molar-refractivity contribution in [1.82, 2.24) is 10.2 Å². The summed E-state index contributed by atoms with van der Waals surface area (Å²) in [5.74, 6) is 0.363. The fraction of sp³-hybridized carbons (Fsp3) is 0.647. The molecule has 0 radical (unpaired) electrons. The molecule has 1 unspecified atom stereocenters. The van der Waals surface area contributed by atoms with E-state index in [0.29, 0.717) is 17.8 Å². The zero-order valence-corrected chi connectivity index (χ0v) is 15.4. The SMILES string of the molecule is CCC(NCCN(C(C)C)C(C)C)c1cc(Br)ccc1O. The second kappa shape index (κ2) is 8.76. The highest BCUT2D eigenvalue weighted by Crippen LogP contribution is 2.29. The lowest BCUT2D eigenvalue weighted by Crippen LogP contribution is -2.42. The Balaban J connectivity index is 2.65. The number of halogens is 1. The third-order valence-electron chi connectivity index (χ3n) is 3.86. The third kappa shape index (κ3) is 5.61. The third-order valence-corrected chi connectivity index (χ3v) is 4.35. The van der Waals surface area contributed by atoms with Crippen LogP contribution in [0.1, 0.15) is 52.6 Å². The van der Waals surface area contributed by atoms with E-state index < -0.39 is 0 Å². The highest BCUT2D eigenvalue weighted by molar-refractivity contribution is 9.10. The molecule has 3 nitrogen and oxygen atoms in total. The lowest BCUT2D eigenvalue weighted by Gasteiger charge is -2.31. The van der Waals surface area contributed by atoms with Crippen molar-refractivity contribution in [1.29, 1.82) is 0 Å². The minimum atomic E-state index is 0.184. The predicted octanol–water partition coefficient (Wildman–Crippen LogP) is 4.31. The molecule has 120 valence electrons. The quantitative estimate of drug-likeness (QED) is 0.728. The second-order valence-corrected chi connectivity index (χ2v) is 6.96. The molecule has 1 rings (SSSR count). The maximum atomic E-state index is 10.1. The number of aromatic hydroxyl groups is 1. The molecular formula is C17H29BrN2O. The normalized spacial score (nSPS) is 13.4. The molecule has 2 N–H and O–H groups in total. The molecule has 0 aliphatic carbocycles. The van der Waals surface area contributed by atoms with Crippen LogP contribution in [0.2, 0.25) is 0 Å². The van der Waals surface area contributed by atoms with Gasteiger partial charge >= 0.3 is 0 Å². The van der Waals surface area contributed by atoms with Crippen LogP contribution in [0.25, 0.3) is 0 Å². The summed E-state index contributed by atoms with van der Waals surface area (Å²) in [4.78, 5) is 2.47. The minimum absolute atomic E-state index is 0.184. The van der Waals surface area contributed by atoms with E-state index in [1.807, 2.05) is 12.1 Å². The van der Waals surface area contributed by atoms with Crippen LogP contribution in [0.5, 0.6) is 5.75 Å². The van der Waals surface area contributed by atoms with E-state index in [0.717, 1.165) is 29.5 Å². The Morgan fingerprint density at radius 1 is 1.19 bits per heavy atom. The summed E-state index contributed by atoms with van der Waals surface area (Å²) < 4.78 is 1.00. The molecule has 21 heavy (non-hydrogen) atoms. The van der Waals surface area contributed by atoms with Crippen LogP contribution in [0.4, 0.5) is 0 Å². The van der Waals surface area contributed by atoms with Crippen LogP contribution in [-0.4, -0.2) is 35.2 Å². The Morgan fingerprint density at radius 2 is 1.81 bits per heavy atom. The van der Waals surface area contributed by atoms with Crippen LogP contribution in [-0.2, 0) is 0 Å². The molecule has 0 bridgehead atoms. The number of hydrogen-bond donors (Lipinski definition) is 2. The van der Waals surface area contributed by atoms with Crippen molar-refractivity contribution in [3.8, 4) is 5.75 Å². The first-order valence-corrected chi connectivity index (χ1v) is 8.63. The van der Waals surface area contributed by atoms with Gasteiger partial charge in [0.15, 0.2) is 0 Å². The van der Waals surface area contributed by atoms with Gasteiger partial charge in [-0.3, -0.25) is 4.90 Å². The average molecular weight is 357 g/mol. The minimum Gasteiger partial charge on any atom is -0.508 e. The molecule has 0 amide bonds. The molecule has 0 heterocycles. The number of benzene rings is 1. The Hall–Kier alpha value is -0.580. The van der Waals surface area contributed by atoms with Gasteiger partial charge in [0, 0.05) is 41.3 Å². The van der Waals surface area contributed by atoms with Gasteiger partial charge in [0.05, 0.1) is 0 Å². The monoisotopic (exact) mass is 356 g/mol. The first kappa shape index (κ1) is 18.5. The molecule has 0 fully saturated rings. The molecule has 4 heteroatoms. The van der Waals surface area contributed by atoms with Crippen molar-refractivity contribution >= 4 is 15.9 Å². The summed E-state index contributed by atoms with van der Waals surface area (Å²) in [5, 5.41) is 13.6. The number of nitrogens with one attached hydrogen (secondary N) is 1. The Bertz CT molecular complexity index is 427. The summed E-state index contributed by atoms with van der Waals surface area (Å²) in [7, 11) is 0. The Labute approximate surface area is 137 Å². The Kier molecular flexibility index (Phi) is 7.71. The lowest BCUT2D eigenvalue weighted by atomic mass is 10.0. The average Bonchev–Trinajstić information content (AvgIpc) is 2.41. The number of phenolic OH excluding ortho intramolecular Hbond substituents is 1. The van der Waals surface area contributed by atoms with Crippen molar-refractivity contribution in [3.63, 3.8) is 0 Å². The van der Waals surface area contributed by atoms with Crippen LogP contribution in [0.15, 0.2) is 22.7 Å². The van der Waals surface area contributed by atoms with E-state index in [2.05, 4.69) is 60.8 Å². The molecule has 0 aliphatic rings. The standard InChI is InChI=1S/C17H29BrN2O/c1-6-16(15-11-14(18)7-8-17(15)21)19-9-10-20(12(2)3)13(4)5/h7-8,11-13,16,19,21H,6,9-10H2,1-5H3. The summed E-state index contributed by atoms with van der Waals surface area (Å²) in [6.07, 6.45) is 0.952. The fourth-order valence-electron chi connectivity index (χ4n) is 2.76. The summed E-state index contributed by atoms with van der Waals surface area (Å²) in [6.45, 7) is 13.0. The van der Waals surface area contributed by atoms with Gasteiger partial charge in [0.25, 0.3) is 0 Å². The molecule has 0 saturated carbocycles. The van der Waals surface area contributed by atoms with Gasteiger partial charge in [-0.2, -0.15) is 0 Å². The maximum absolute atomic E-state index is 10.1. The first-order valence-electron chi connectivity index (χ1n) is 7.84. The van der Waals surface area contributed by atoms with Gasteiger partial charge in [-0.25, -0.2) is 0 Å². The topological polar surface area (TPSA) is 35.5 Å². The zero-order valence-electron chi connectivity index (χ0n) is 13.9. The van der Waals surface area contributed by atoms with Crippen LogP contribution in [0.3, 0.4) is 0 Å². The van der Waals surface area contributed by atoms with Crippen LogP contribution >= 0.6 is 15.9 Å². The van der Waals surface area contributed by atoms with E-state index in [9.17, 15) is 5.11 Å². The van der Waals surface area contributed by atoms with E-state index in [1.54, 1.807) is 6.07 Å². The molecule has 0 spiro atoms. The highest BCUT2D eigenvalue weighted by Gasteiger charge is 2.16. The number of phenols is 1.